The number of para-hydroxylation sites is 1. The first-order valence-corrected chi connectivity index (χ1v) is 13.6. The van der Waals surface area contributed by atoms with E-state index in [9.17, 15) is 18.0 Å². The third-order valence-electron chi connectivity index (χ3n) is 5.67. The molecule has 0 radical (unpaired) electrons. The smallest absolute Gasteiger partial charge is 0.308 e. The van der Waals surface area contributed by atoms with Crippen molar-refractivity contribution < 1.29 is 13.2 Å². The minimum Gasteiger partial charge on any atom is -0.324 e. The van der Waals surface area contributed by atoms with E-state index in [1.807, 2.05) is 32.9 Å². The normalized spacial score (nSPS) is 11.7. The number of amides is 1. The van der Waals surface area contributed by atoms with Gasteiger partial charge in [-0.1, -0.05) is 54.7 Å². The number of rotatable bonds is 8. The molecule has 0 saturated heterocycles. The molecule has 0 aliphatic rings. The van der Waals surface area contributed by atoms with E-state index in [2.05, 4.69) is 5.32 Å². The Balaban J connectivity index is 1.67. The second kappa shape index (κ2) is 10.1. The van der Waals surface area contributed by atoms with Crippen LogP contribution in [0.4, 0.5) is 11.4 Å². The third kappa shape index (κ3) is 5.01. The molecule has 4 rings (SSSR count). The van der Waals surface area contributed by atoms with Gasteiger partial charge in [-0.25, -0.2) is 8.42 Å². The average Bonchev–Trinajstić information content (AvgIpc) is 3.18. The Kier molecular flexibility index (Phi) is 7.09. The van der Waals surface area contributed by atoms with Crippen molar-refractivity contribution in [3.8, 4) is 0 Å². The van der Waals surface area contributed by atoms with E-state index in [0.717, 1.165) is 31.4 Å². The first-order valence-electron chi connectivity index (χ1n) is 11.3. The Morgan fingerprint density at radius 3 is 2.40 bits per heavy atom. The Bertz CT molecular complexity index is 1520. The molecule has 0 saturated carbocycles. The van der Waals surface area contributed by atoms with Gasteiger partial charge in [0.2, 0.25) is 5.91 Å². The molecule has 9 heteroatoms. The van der Waals surface area contributed by atoms with Crippen LogP contribution in [-0.4, -0.2) is 25.4 Å². The molecule has 0 aliphatic heterocycles. The van der Waals surface area contributed by atoms with Crippen LogP contribution in [0.15, 0.2) is 82.5 Å². The molecule has 0 atom stereocenters. The topological polar surface area (TPSA) is 88.5 Å². The Labute approximate surface area is 208 Å². The standard InChI is InChI=1S/C26H27N3O4S2/c1-4-19-10-8-9-13-22(19)28(35(32,33)21-11-6-5-7-12-21)17-25(30)27-20-14-15-23-24(16-20)34-26(31)29(23)18(2)3/h5-16,18H,4,17H2,1-3H3,(H,27,30). The van der Waals surface area contributed by atoms with Crippen LogP contribution in [0.5, 0.6) is 0 Å². The number of nitrogens with zero attached hydrogens (tertiary/aromatic N) is 2. The summed E-state index contributed by atoms with van der Waals surface area (Å²) in [6, 6.07) is 20.5. The third-order valence-corrected chi connectivity index (χ3v) is 8.37. The molecule has 35 heavy (non-hydrogen) atoms. The summed E-state index contributed by atoms with van der Waals surface area (Å²) in [5.41, 5.74) is 2.59. The van der Waals surface area contributed by atoms with Gasteiger partial charge in [0.25, 0.3) is 10.0 Å². The maximum atomic E-state index is 13.6. The first kappa shape index (κ1) is 24.7. The summed E-state index contributed by atoms with van der Waals surface area (Å²) in [6.07, 6.45) is 0.612. The Morgan fingerprint density at radius 2 is 1.71 bits per heavy atom. The SMILES string of the molecule is CCc1ccccc1N(CC(=O)Nc1ccc2c(c1)sc(=O)n2C(C)C)S(=O)(=O)c1ccccc1. The van der Waals surface area contributed by atoms with Crippen LogP contribution in [-0.2, 0) is 21.2 Å². The van der Waals surface area contributed by atoms with Gasteiger partial charge in [-0.2, -0.15) is 0 Å². The number of carbonyl (C=O) groups is 1. The van der Waals surface area contributed by atoms with Gasteiger partial charge in [0.05, 0.1) is 20.8 Å². The summed E-state index contributed by atoms with van der Waals surface area (Å²) in [5.74, 6) is -0.481. The molecule has 0 unspecified atom stereocenters. The molecular formula is C26H27N3O4S2. The summed E-state index contributed by atoms with van der Waals surface area (Å²) in [4.78, 5) is 25.5. The predicted molar refractivity (Wildman–Crippen MR) is 142 cm³/mol. The Hall–Kier alpha value is -3.43. The lowest BCUT2D eigenvalue weighted by Gasteiger charge is -2.26. The highest BCUT2D eigenvalue weighted by Gasteiger charge is 2.28. The molecule has 4 aromatic rings. The minimum atomic E-state index is -3.99. The highest BCUT2D eigenvalue weighted by molar-refractivity contribution is 7.92. The zero-order valence-electron chi connectivity index (χ0n) is 19.8. The van der Waals surface area contributed by atoms with Gasteiger partial charge < -0.3 is 5.32 Å². The van der Waals surface area contributed by atoms with Gasteiger partial charge in [-0.15, -0.1) is 0 Å². The van der Waals surface area contributed by atoms with Gasteiger partial charge >= 0.3 is 4.87 Å². The van der Waals surface area contributed by atoms with E-state index in [1.165, 1.54) is 12.1 Å². The molecule has 1 amide bonds. The van der Waals surface area contributed by atoms with Crippen LogP contribution in [0.25, 0.3) is 10.2 Å². The summed E-state index contributed by atoms with van der Waals surface area (Å²) in [7, 11) is -3.99. The van der Waals surface area contributed by atoms with Crippen molar-refractivity contribution in [2.75, 3.05) is 16.2 Å². The van der Waals surface area contributed by atoms with Crippen LogP contribution in [0.2, 0.25) is 0 Å². The van der Waals surface area contributed by atoms with Gasteiger partial charge in [0.15, 0.2) is 0 Å². The van der Waals surface area contributed by atoms with E-state index >= 15 is 0 Å². The van der Waals surface area contributed by atoms with Crippen molar-refractivity contribution in [3.63, 3.8) is 0 Å². The number of thiazole rings is 1. The summed E-state index contributed by atoms with van der Waals surface area (Å²) < 4.78 is 30.8. The van der Waals surface area contributed by atoms with E-state index in [-0.39, 0.29) is 15.8 Å². The van der Waals surface area contributed by atoms with Crippen molar-refractivity contribution in [1.82, 2.24) is 4.57 Å². The molecule has 0 aliphatic carbocycles. The number of hydrogen-bond acceptors (Lipinski definition) is 5. The number of sulfonamides is 1. The van der Waals surface area contributed by atoms with Crippen LogP contribution in [0.3, 0.4) is 0 Å². The molecule has 3 aromatic carbocycles. The minimum absolute atomic E-state index is 0.0204. The zero-order chi connectivity index (χ0) is 25.2. The number of fused-ring (bicyclic) bond motifs is 1. The fourth-order valence-electron chi connectivity index (χ4n) is 4.01. The van der Waals surface area contributed by atoms with Crippen LogP contribution < -0.4 is 14.5 Å². The van der Waals surface area contributed by atoms with Crippen LogP contribution in [0.1, 0.15) is 32.4 Å². The van der Waals surface area contributed by atoms with Crippen molar-refractivity contribution in [3.05, 3.63) is 88.0 Å². The van der Waals surface area contributed by atoms with Crippen LogP contribution in [0, 0.1) is 0 Å². The highest BCUT2D eigenvalue weighted by Crippen LogP contribution is 2.28. The number of aryl methyl sites for hydroxylation is 1. The highest BCUT2D eigenvalue weighted by atomic mass is 32.2. The second-order valence-corrected chi connectivity index (χ2v) is 11.2. The average molecular weight is 510 g/mol. The quantitative estimate of drug-likeness (QED) is 0.360. The molecule has 1 aromatic heterocycles. The molecule has 0 bridgehead atoms. The Morgan fingerprint density at radius 1 is 1.03 bits per heavy atom. The lowest BCUT2D eigenvalue weighted by molar-refractivity contribution is -0.114. The van der Waals surface area contributed by atoms with Crippen molar-refractivity contribution >= 4 is 48.9 Å². The maximum absolute atomic E-state index is 13.6. The largest absolute Gasteiger partial charge is 0.324 e. The van der Waals surface area contributed by atoms with Gasteiger partial charge in [-0.05, 0) is 62.2 Å². The number of benzene rings is 3. The number of nitrogens with one attached hydrogen (secondary N) is 1. The molecular weight excluding hydrogens is 482 g/mol. The van der Waals surface area contributed by atoms with E-state index in [1.54, 1.807) is 53.1 Å². The zero-order valence-corrected chi connectivity index (χ0v) is 21.4. The summed E-state index contributed by atoms with van der Waals surface area (Å²) in [5, 5.41) is 2.80. The lowest BCUT2D eigenvalue weighted by atomic mass is 10.1. The molecule has 0 fully saturated rings. The van der Waals surface area contributed by atoms with Crippen molar-refractivity contribution in [2.45, 2.75) is 38.1 Å². The second-order valence-electron chi connectivity index (χ2n) is 8.37. The van der Waals surface area contributed by atoms with Crippen LogP contribution >= 0.6 is 11.3 Å². The molecule has 1 heterocycles. The maximum Gasteiger partial charge on any atom is 0.308 e. The number of aromatic nitrogens is 1. The van der Waals surface area contributed by atoms with Crippen molar-refractivity contribution in [2.24, 2.45) is 0 Å². The number of carbonyl (C=O) groups excluding carboxylic acids is 1. The number of anilines is 2. The lowest BCUT2D eigenvalue weighted by Crippen LogP contribution is -2.38. The summed E-state index contributed by atoms with van der Waals surface area (Å²) in [6.45, 7) is 5.43. The fourth-order valence-corrected chi connectivity index (χ4v) is 6.54. The van der Waals surface area contributed by atoms with Gasteiger partial charge in [-0.3, -0.25) is 18.5 Å². The van der Waals surface area contributed by atoms with E-state index < -0.39 is 22.5 Å². The van der Waals surface area contributed by atoms with Crippen molar-refractivity contribution in [1.29, 1.82) is 0 Å². The molecule has 0 spiro atoms. The predicted octanol–water partition coefficient (Wildman–Crippen LogP) is 5.04. The van der Waals surface area contributed by atoms with Gasteiger partial charge in [0.1, 0.15) is 6.54 Å². The van der Waals surface area contributed by atoms with E-state index in [0.29, 0.717) is 17.8 Å². The number of hydrogen-bond donors (Lipinski definition) is 1. The molecule has 1 N–H and O–H groups in total. The van der Waals surface area contributed by atoms with Gasteiger partial charge in [0, 0.05) is 11.7 Å². The summed E-state index contributed by atoms with van der Waals surface area (Å²) >= 11 is 1.12. The molecule has 7 nitrogen and oxygen atoms in total. The fraction of sp³-hybridized carbons (Fsp3) is 0.231. The van der Waals surface area contributed by atoms with E-state index in [4.69, 9.17) is 0 Å². The molecule has 182 valence electrons. The first-order chi connectivity index (χ1) is 16.7. The monoisotopic (exact) mass is 509 g/mol.